The first-order valence-electron chi connectivity index (χ1n) is 5.50. The third kappa shape index (κ3) is 1.66. The van der Waals surface area contributed by atoms with Crippen molar-refractivity contribution in [3.63, 3.8) is 0 Å². The summed E-state index contributed by atoms with van der Waals surface area (Å²) in [5, 5.41) is 7.92. The lowest BCUT2D eigenvalue weighted by Crippen LogP contribution is -2.10. The molecule has 1 aromatic heterocycles. The van der Waals surface area contributed by atoms with Gasteiger partial charge in [0.1, 0.15) is 11.6 Å². The molecule has 0 spiro atoms. The highest BCUT2D eigenvalue weighted by atomic mass is 16.5. The van der Waals surface area contributed by atoms with Crippen LogP contribution in [0.25, 0.3) is 0 Å². The van der Waals surface area contributed by atoms with Gasteiger partial charge >= 0.3 is 6.01 Å². The molecule has 0 fully saturated rings. The van der Waals surface area contributed by atoms with E-state index in [4.69, 9.17) is 4.74 Å². The van der Waals surface area contributed by atoms with Crippen LogP contribution in [0.4, 0.5) is 0 Å². The lowest BCUT2D eigenvalue weighted by molar-refractivity contribution is 0.386. The van der Waals surface area contributed by atoms with E-state index in [0.717, 1.165) is 18.1 Å². The SMILES string of the molecule is CC.Cc1nnc2n1Cc1ccccc1O2. The molecule has 0 radical (unpaired) electrons. The number of fused-ring (bicyclic) bond motifs is 2. The second-order valence-electron chi connectivity index (χ2n) is 3.33. The standard InChI is InChI=1S/C10H9N3O.C2H6/c1-7-11-12-10-13(7)6-8-4-2-3-5-9(8)14-10;1-2/h2-5H,6H2,1H3;1-2H3. The first-order chi connectivity index (χ1) is 7.84. The van der Waals surface area contributed by atoms with E-state index in [1.165, 1.54) is 5.56 Å². The van der Waals surface area contributed by atoms with Gasteiger partial charge in [0.25, 0.3) is 0 Å². The van der Waals surface area contributed by atoms with Crippen LogP contribution < -0.4 is 4.74 Å². The molecule has 0 saturated carbocycles. The van der Waals surface area contributed by atoms with Crippen LogP contribution in [0.3, 0.4) is 0 Å². The minimum absolute atomic E-state index is 0.584. The second-order valence-corrected chi connectivity index (χ2v) is 3.33. The Bertz CT molecular complexity index is 491. The summed E-state index contributed by atoms with van der Waals surface area (Å²) in [5.41, 5.74) is 1.17. The number of para-hydroxylation sites is 1. The molecule has 0 N–H and O–H groups in total. The van der Waals surface area contributed by atoms with E-state index in [1.807, 2.05) is 43.5 Å². The number of nitrogens with zero attached hydrogens (tertiary/aromatic N) is 3. The summed E-state index contributed by atoms with van der Waals surface area (Å²) in [6.07, 6.45) is 0. The van der Waals surface area contributed by atoms with Crippen molar-refractivity contribution < 1.29 is 4.74 Å². The van der Waals surface area contributed by atoms with Gasteiger partial charge in [-0.2, -0.15) is 0 Å². The van der Waals surface area contributed by atoms with Gasteiger partial charge in [0.05, 0.1) is 6.54 Å². The maximum absolute atomic E-state index is 5.59. The van der Waals surface area contributed by atoms with Crippen LogP contribution in [0, 0.1) is 6.92 Å². The van der Waals surface area contributed by atoms with Crippen LogP contribution in [-0.2, 0) is 6.54 Å². The van der Waals surface area contributed by atoms with Crippen LogP contribution in [0.5, 0.6) is 11.8 Å². The van der Waals surface area contributed by atoms with Gasteiger partial charge in [0.2, 0.25) is 0 Å². The Hall–Kier alpha value is -1.84. The van der Waals surface area contributed by atoms with Gasteiger partial charge in [-0.3, -0.25) is 4.57 Å². The molecule has 1 aliphatic rings. The molecule has 4 heteroatoms. The molecular weight excluding hydrogens is 202 g/mol. The zero-order valence-electron chi connectivity index (χ0n) is 9.77. The quantitative estimate of drug-likeness (QED) is 0.581. The van der Waals surface area contributed by atoms with E-state index in [1.54, 1.807) is 0 Å². The first kappa shape index (κ1) is 10.7. The number of rotatable bonds is 0. The zero-order valence-corrected chi connectivity index (χ0v) is 9.77. The van der Waals surface area contributed by atoms with E-state index in [2.05, 4.69) is 16.3 Å². The predicted octanol–water partition coefficient (Wildman–Crippen LogP) is 2.77. The largest absolute Gasteiger partial charge is 0.424 e. The van der Waals surface area contributed by atoms with Crippen molar-refractivity contribution in [2.75, 3.05) is 0 Å². The van der Waals surface area contributed by atoms with Gasteiger partial charge in [-0.15, -0.1) is 5.10 Å². The third-order valence-corrected chi connectivity index (χ3v) is 2.40. The highest BCUT2D eigenvalue weighted by Crippen LogP contribution is 2.30. The summed E-state index contributed by atoms with van der Waals surface area (Å²) >= 11 is 0. The molecule has 16 heavy (non-hydrogen) atoms. The smallest absolute Gasteiger partial charge is 0.322 e. The molecule has 4 nitrogen and oxygen atoms in total. The average molecular weight is 217 g/mol. The number of aromatic nitrogens is 3. The number of aryl methyl sites for hydroxylation is 1. The van der Waals surface area contributed by atoms with Crippen molar-refractivity contribution in [1.29, 1.82) is 0 Å². The summed E-state index contributed by atoms with van der Waals surface area (Å²) in [6, 6.07) is 8.55. The molecule has 84 valence electrons. The Morgan fingerprint density at radius 2 is 1.94 bits per heavy atom. The van der Waals surface area contributed by atoms with E-state index in [9.17, 15) is 0 Å². The Morgan fingerprint density at radius 1 is 1.19 bits per heavy atom. The van der Waals surface area contributed by atoms with Gasteiger partial charge < -0.3 is 4.74 Å². The van der Waals surface area contributed by atoms with Gasteiger partial charge in [0.15, 0.2) is 0 Å². The number of ether oxygens (including phenoxy) is 1. The normalized spacial score (nSPS) is 11.7. The second kappa shape index (κ2) is 4.35. The van der Waals surface area contributed by atoms with Crippen LogP contribution >= 0.6 is 0 Å². The Balaban J connectivity index is 0.000000457. The van der Waals surface area contributed by atoms with E-state index >= 15 is 0 Å². The molecule has 2 heterocycles. The number of benzene rings is 1. The van der Waals surface area contributed by atoms with Crippen molar-refractivity contribution in [3.8, 4) is 11.8 Å². The molecule has 0 saturated heterocycles. The van der Waals surface area contributed by atoms with Gasteiger partial charge in [0, 0.05) is 5.56 Å². The molecule has 0 aliphatic carbocycles. The first-order valence-corrected chi connectivity index (χ1v) is 5.50. The van der Waals surface area contributed by atoms with Crippen LogP contribution in [0.1, 0.15) is 25.2 Å². The molecule has 0 unspecified atom stereocenters. The topological polar surface area (TPSA) is 39.9 Å². The summed E-state index contributed by atoms with van der Waals surface area (Å²) in [7, 11) is 0. The molecule has 2 aromatic rings. The number of hydrogen-bond donors (Lipinski definition) is 0. The lowest BCUT2D eigenvalue weighted by Gasteiger charge is -2.17. The maximum Gasteiger partial charge on any atom is 0.322 e. The molecule has 3 rings (SSSR count). The summed E-state index contributed by atoms with van der Waals surface area (Å²) < 4.78 is 7.55. The fraction of sp³-hybridized carbons (Fsp3) is 0.333. The number of hydrogen-bond acceptors (Lipinski definition) is 3. The molecule has 0 bridgehead atoms. The minimum Gasteiger partial charge on any atom is -0.424 e. The van der Waals surface area contributed by atoms with Crippen LogP contribution in [-0.4, -0.2) is 14.8 Å². The highest BCUT2D eigenvalue weighted by Gasteiger charge is 2.19. The average Bonchev–Trinajstić information content (AvgIpc) is 2.71. The predicted molar refractivity (Wildman–Crippen MR) is 61.7 cm³/mol. The molecule has 1 aromatic carbocycles. The van der Waals surface area contributed by atoms with Crippen LogP contribution in [0.2, 0.25) is 0 Å². The minimum atomic E-state index is 0.584. The van der Waals surface area contributed by atoms with Crippen molar-refractivity contribution >= 4 is 0 Å². The van der Waals surface area contributed by atoms with Crippen molar-refractivity contribution in [3.05, 3.63) is 35.7 Å². The van der Waals surface area contributed by atoms with Gasteiger partial charge in [-0.25, -0.2) is 0 Å². The van der Waals surface area contributed by atoms with Crippen LogP contribution in [0.15, 0.2) is 24.3 Å². The van der Waals surface area contributed by atoms with E-state index < -0.39 is 0 Å². The third-order valence-electron chi connectivity index (χ3n) is 2.40. The fourth-order valence-electron chi connectivity index (χ4n) is 1.62. The van der Waals surface area contributed by atoms with Crippen molar-refractivity contribution in [1.82, 2.24) is 14.8 Å². The molecular formula is C12H15N3O. The van der Waals surface area contributed by atoms with Gasteiger partial charge in [-0.05, 0) is 13.0 Å². The Kier molecular flexibility index (Phi) is 2.90. The fourth-order valence-corrected chi connectivity index (χ4v) is 1.62. The zero-order chi connectivity index (χ0) is 11.5. The summed E-state index contributed by atoms with van der Waals surface area (Å²) in [6.45, 7) is 6.72. The summed E-state index contributed by atoms with van der Waals surface area (Å²) in [4.78, 5) is 0. The molecule has 1 aliphatic heterocycles. The van der Waals surface area contributed by atoms with Crippen molar-refractivity contribution in [2.24, 2.45) is 0 Å². The Labute approximate surface area is 94.9 Å². The lowest BCUT2D eigenvalue weighted by atomic mass is 10.2. The monoisotopic (exact) mass is 217 g/mol. The van der Waals surface area contributed by atoms with E-state index in [0.29, 0.717) is 6.01 Å². The summed E-state index contributed by atoms with van der Waals surface area (Å²) in [5.74, 6) is 1.77. The highest BCUT2D eigenvalue weighted by molar-refractivity contribution is 5.38. The molecule has 0 atom stereocenters. The van der Waals surface area contributed by atoms with Gasteiger partial charge in [-0.1, -0.05) is 37.1 Å². The van der Waals surface area contributed by atoms with Crippen molar-refractivity contribution in [2.45, 2.75) is 27.3 Å². The maximum atomic E-state index is 5.59. The molecule has 0 amide bonds. The Morgan fingerprint density at radius 3 is 2.75 bits per heavy atom. The van der Waals surface area contributed by atoms with E-state index in [-0.39, 0.29) is 0 Å².